The second-order valence-corrected chi connectivity index (χ2v) is 17.3. The van der Waals surface area contributed by atoms with Gasteiger partial charge in [-0.15, -0.1) is 6.58 Å². The molecule has 0 spiro atoms. The van der Waals surface area contributed by atoms with Crippen LogP contribution in [-0.2, 0) is 25.7 Å². The number of rotatable bonds is 9. The summed E-state index contributed by atoms with van der Waals surface area (Å²) in [6.45, 7) is 16.7. The molecule has 1 amide bonds. The predicted octanol–water partition coefficient (Wildman–Crippen LogP) is 2.17. The van der Waals surface area contributed by atoms with Gasteiger partial charge in [0, 0.05) is 75.4 Å². The van der Waals surface area contributed by atoms with E-state index in [-0.39, 0.29) is 30.6 Å². The normalized spacial score (nSPS) is 37.7. The molecule has 3 aliphatic carbocycles. The number of aliphatic hydroxyl groups excluding tert-OH is 2. The fraction of sp³-hybridized carbons (Fsp3) is 0.744. The molecule has 9 unspecified atom stereocenters. The molecule has 290 valence electrons. The van der Waals surface area contributed by atoms with Crippen molar-refractivity contribution >= 4 is 34.6 Å². The van der Waals surface area contributed by atoms with Crippen LogP contribution in [-0.4, -0.2) is 127 Å². The molecule has 0 aromatic carbocycles. The smallest absolute Gasteiger partial charge is 0.320 e. The Labute approximate surface area is 312 Å². The number of hydrogen-bond acceptors (Lipinski definition) is 12. The standard InChI is InChI=1S/C39H58N8O6/c1-6-36(3)19-28(49)38(5)32-27(48)7-10-39(32,25(2)33(36)52)12-11-37(38,4)53-30(51)22-44-15-17-45(18-16-44)29(50)9-14-47-24-43-31-34(41-23-42-35(31)47)46-13-8-26(20-40)21-46/h6,23-26,28,32-33,49,52H,1,7-22,40H2,2-5H3. The third-order valence-electron chi connectivity index (χ3n) is 14.7. The first kappa shape index (κ1) is 37.8. The Morgan fingerprint density at radius 3 is 2.53 bits per heavy atom. The number of carbonyl (C=O) groups is 3. The first-order valence-corrected chi connectivity index (χ1v) is 19.5. The fourth-order valence-corrected chi connectivity index (χ4v) is 11.0. The van der Waals surface area contributed by atoms with Gasteiger partial charge in [-0.1, -0.05) is 26.8 Å². The molecule has 7 rings (SSSR count). The lowest BCUT2D eigenvalue weighted by atomic mass is 9.42. The second kappa shape index (κ2) is 14.0. The van der Waals surface area contributed by atoms with Crippen LogP contribution in [0.3, 0.4) is 0 Å². The molecule has 5 fully saturated rings. The number of nitrogens with two attached hydrogens (primary N) is 1. The number of aryl methyl sites for hydroxylation is 1. The summed E-state index contributed by atoms with van der Waals surface area (Å²) in [5.41, 5.74) is 3.93. The van der Waals surface area contributed by atoms with Crippen LogP contribution >= 0.6 is 0 Å². The molecule has 9 atom stereocenters. The highest BCUT2D eigenvalue weighted by Crippen LogP contribution is 2.69. The number of imidazole rings is 1. The maximum absolute atomic E-state index is 13.7. The number of hydrogen-bond donors (Lipinski definition) is 3. The van der Waals surface area contributed by atoms with Crippen LogP contribution in [0, 0.1) is 34.0 Å². The number of nitrogens with zero attached hydrogens (tertiary/aromatic N) is 7. The maximum atomic E-state index is 13.7. The summed E-state index contributed by atoms with van der Waals surface area (Å²) in [7, 11) is 0. The van der Waals surface area contributed by atoms with Gasteiger partial charge in [-0.3, -0.25) is 19.3 Å². The van der Waals surface area contributed by atoms with E-state index >= 15 is 0 Å². The average molecular weight is 735 g/mol. The van der Waals surface area contributed by atoms with Crippen molar-refractivity contribution in [2.24, 2.45) is 39.7 Å². The van der Waals surface area contributed by atoms with Crippen LogP contribution in [0.1, 0.15) is 72.6 Å². The van der Waals surface area contributed by atoms with Gasteiger partial charge in [0.05, 0.1) is 25.1 Å². The number of amides is 1. The van der Waals surface area contributed by atoms with Crippen molar-refractivity contribution in [3.05, 3.63) is 25.3 Å². The molecular weight excluding hydrogens is 676 g/mol. The van der Waals surface area contributed by atoms with E-state index in [4.69, 9.17) is 10.5 Å². The highest BCUT2D eigenvalue weighted by atomic mass is 16.6. The Kier molecular flexibility index (Phi) is 9.99. The summed E-state index contributed by atoms with van der Waals surface area (Å²) in [6.07, 6.45) is 6.95. The molecule has 0 radical (unpaired) electrons. The van der Waals surface area contributed by atoms with Crippen molar-refractivity contribution in [1.29, 1.82) is 0 Å². The second-order valence-electron chi connectivity index (χ2n) is 17.3. The van der Waals surface area contributed by atoms with E-state index < -0.39 is 45.9 Å². The average Bonchev–Trinajstić information content (AvgIpc) is 3.89. The van der Waals surface area contributed by atoms with Gasteiger partial charge in [0.25, 0.3) is 0 Å². The number of aromatic nitrogens is 4. The third kappa shape index (κ3) is 6.17. The predicted molar refractivity (Wildman–Crippen MR) is 198 cm³/mol. The molecule has 2 aromatic heterocycles. The first-order chi connectivity index (χ1) is 25.2. The van der Waals surface area contributed by atoms with Crippen molar-refractivity contribution in [1.82, 2.24) is 29.3 Å². The number of ketones is 1. The van der Waals surface area contributed by atoms with E-state index in [0.29, 0.717) is 82.9 Å². The number of fused-ring (bicyclic) bond motifs is 1. The molecule has 2 bridgehead atoms. The summed E-state index contributed by atoms with van der Waals surface area (Å²) in [5, 5.41) is 23.6. The number of anilines is 1. The van der Waals surface area contributed by atoms with Gasteiger partial charge in [0.15, 0.2) is 17.0 Å². The molecule has 4 N–H and O–H groups in total. The van der Waals surface area contributed by atoms with E-state index in [9.17, 15) is 24.6 Å². The van der Waals surface area contributed by atoms with Crippen molar-refractivity contribution in [3.63, 3.8) is 0 Å². The molecule has 2 aromatic rings. The third-order valence-corrected chi connectivity index (χ3v) is 14.7. The van der Waals surface area contributed by atoms with Gasteiger partial charge in [-0.05, 0) is 62.8 Å². The van der Waals surface area contributed by atoms with Gasteiger partial charge < -0.3 is 35.1 Å². The lowest BCUT2D eigenvalue weighted by Crippen LogP contribution is -2.69. The highest BCUT2D eigenvalue weighted by Gasteiger charge is 2.72. The maximum Gasteiger partial charge on any atom is 0.320 e. The lowest BCUT2D eigenvalue weighted by molar-refractivity contribution is -0.252. The number of aliphatic hydroxyl groups is 2. The number of piperazine rings is 1. The topological polar surface area (TPSA) is 180 Å². The van der Waals surface area contributed by atoms with Gasteiger partial charge >= 0.3 is 5.97 Å². The van der Waals surface area contributed by atoms with Crippen LogP contribution in [0.2, 0.25) is 0 Å². The summed E-state index contributed by atoms with van der Waals surface area (Å²) in [5.74, 6) is 0.236. The lowest BCUT2D eigenvalue weighted by Gasteiger charge is -2.64. The minimum Gasteiger partial charge on any atom is -0.458 e. The van der Waals surface area contributed by atoms with Gasteiger partial charge in [0.2, 0.25) is 5.91 Å². The molecule has 3 saturated carbocycles. The van der Waals surface area contributed by atoms with Gasteiger partial charge in [-0.2, -0.15) is 0 Å². The molecule has 14 nitrogen and oxygen atoms in total. The molecule has 5 aliphatic rings. The number of carbonyl (C=O) groups excluding carboxylic acids is 3. The zero-order valence-corrected chi connectivity index (χ0v) is 31.9. The van der Waals surface area contributed by atoms with Crippen molar-refractivity contribution in [2.45, 2.75) is 97.0 Å². The van der Waals surface area contributed by atoms with E-state index in [1.165, 1.54) is 0 Å². The van der Waals surface area contributed by atoms with E-state index in [1.54, 1.807) is 18.7 Å². The largest absolute Gasteiger partial charge is 0.458 e. The molecule has 14 heteroatoms. The van der Waals surface area contributed by atoms with Crippen LogP contribution < -0.4 is 10.6 Å². The molecule has 2 saturated heterocycles. The molecule has 2 aliphatic heterocycles. The highest BCUT2D eigenvalue weighted by molar-refractivity contribution is 5.86. The zero-order valence-electron chi connectivity index (χ0n) is 31.9. The number of ether oxygens (including phenoxy) is 1. The van der Waals surface area contributed by atoms with Crippen LogP contribution in [0.4, 0.5) is 5.82 Å². The SMILES string of the molecule is C=CC1(C)CC(O)C2(C)C3C(=O)CCC3(CCC2(C)OC(=O)CN2CCN(C(=O)CCn3cnc4c(N5CCC(CN)C5)ncnc43)CC2)C(C)C1O. The van der Waals surface area contributed by atoms with E-state index in [0.717, 1.165) is 30.8 Å². The summed E-state index contributed by atoms with van der Waals surface area (Å²) < 4.78 is 8.31. The van der Waals surface area contributed by atoms with Gasteiger partial charge in [-0.25, -0.2) is 15.0 Å². The van der Waals surface area contributed by atoms with Crippen LogP contribution in [0.5, 0.6) is 0 Å². The Bertz CT molecular complexity index is 1740. The van der Waals surface area contributed by atoms with E-state index in [1.807, 2.05) is 42.1 Å². The number of Topliss-reactive ketones (excluding diaryl/α,β-unsaturated/α-hetero) is 1. The summed E-state index contributed by atoms with van der Waals surface area (Å²) in [4.78, 5) is 60.4. The van der Waals surface area contributed by atoms with Gasteiger partial charge in [0.1, 0.15) is 17.7 Å². The first-order valence-electron chi connectivity index (χ1n) is 19.5. The Morgan fingerprint density at radius 2 is 1.83 bits per heavy atom. The Morgan fingerprint density at radius 1 is 1.08 bits per heavy atom. The summed E-state index contributed by atoms with van der Waals surface area (Å²) >= 11 is 0. The Hall–Kier alpha value is -3.46. The zero-order chi connectivity index (χ0) is 37.9. The number of esters is 1. The fourth-order valence-electron chi connectivity index (χ4n) is 11.0. The van der Waals surface area contributed by atoms with E-state index in [2.05, 4.69) is 26.4 Å². The van der Waals surface area contributed by atoms with Crippen molar-refractivity contribution in [3.8, 4) is 0 Å². The Balaban J connectivity index is 0.961. The van der Waals surface area contributed by atoms with Crippen molar-refractivity contribution < 1.29 is 29.3 Å². The quantitative estimate of drug-likeness (QED) is 0.253. The molecule has 4 heterocycles. The monoisotopic (exact) mass is 734 g/mol. The minimum absolute atomic E-state index is 0.0326. The molecular formula is C39H58N8O6. The van der Waals surface area contributed by atoms with Crippen LogP contribution in [0.15, 0.2) is 25.3 Å². The summed E-state index contributed by atoms with van der Waals surface area (Å²) in [6, 6.07) is 0. The van der Waals surface area contributed by atoms with Crippen LogP contribution in [0.25, 0.3) is 11.2 Å². The minimum atomic E-state index is -1.09. The van der Waals surface area contributed by atoms with Crippen molar-refractivity contribution in [2.75, 3.05) is 57.3 Å². The molecule has 53 heavy (non-hydrogen) atoms.